The van der Waals surface area contributed by atoms with Crippen LogP contribution in [0.3, 0.4) is 0 Å². The highest BCUT2D eigenvalue weighted by atomic mass is 35.5. The largest absolute Gasteiger partial charge is 0.385 e. The number of aryl methyl sites for hydroxylation is 1. The Morgan fingerprint density at radius 1 is 1.31 bits per heavy atom. The van der Waals surface area contributed by atoms with Gasteiger partial charge in [0, 0.05) is 17.3 Å². The van der Waals surface area contributed by atoms with Gasteiger partial charge in [-0.05, 0) is 43.9 Å². The van der Waals surface area contributed by atoms with Gasteiger partial charge in [-0.3, -0.25) is 0 Å². The van der Waals surface area contributed by atoms with Crippen molar-refractivity contribution < 1.29 is 0 Å². The number of rotatable bonds is 7. The van der Waals surface area contributed by atoms with Crippen LogP contribution >= 0.6 is 11.6 Å². The van der Waals surface area contributed by atoms with E-state index in [0.717, 1.165) is 23.7 Å². The Morgan fingerprint density at radius 2 is 2.12 bits per heavy atom. The van der Waals surface area contributed by atoms with E-state index < -0.39 is 0 Å². The summed E-state index contributed by atoms with van der Waals surface area (Å²) in [4.78, 5) is 0. The Hall–Kier alpha value is -0.950. The van der Waals surface area contributed by atoms with Gasteiger partial charge in [-0.25, -0.2) is 0 Å². The first-order valence-electron chi connectivity index (χ1n) is 5.85. The second-order valence-electron chi connectivity index (χ2n) is 4.02. The normalized spacial score (nSPS) is 10.1. The van der Waals surface area contributed by atoms with Gasteiger partial charge in [0.05, 0.1) is 0 Å². The average molecular weight is 238 g/mol. The molecule has 1 N–H and O–H groups in total. The minimum Gasteiger partial charge on any atom is -0.385 e. The fourth-order valence-corrected chi connectivity index (χ4v) is 1.77. The maximum atomic E-state index is 5.95. The first kappa shape index (κ1) is 13.1. The third-order valence-electron chi connectivity index (χ3n) is 2.60. The molecule has 0 radical (unpaired) electrons. The minimum absolute atomic E-state index is 0.791. The van der Waals surface area contributed by atoms with Gasteiger partial charge >= 0.3 is 0 Å². The van der Waals surface area contributed by atoms with Crippen molar-refractivity contribution in [3.05, 3.63) is 41.4 Å². The van der Waals surface area contributed by atoms with Crippen LogP contribution in [0.25, 0.3) is 0 Å². The van der Waals surface area contributed by atoms with Crippen LogP contribution in [0.2, 0.25) is 5.02 Å². The molecule has 0 heterocycles. The van der Waals surface area contributed by atoms with Crippen molar-refractivity contribution in [1.82, 2.24) is 0 Å². The van der Waals surface area contributed by atoms with Crippen molar-refractivity contribution in [3.63, 3.8) is 0 Å². The van der Waals surface area contributed by atoms with Gasteiger partial charge in [-0.2, -0.15) is 0 Å². The zero-order valence-corrected chi connectivity index (χ0v) is 10.7. The van der Waals surface area contributed by atoms with Gasteiger partial charge in [-0.1, -0.05) is 30.2 Å². The molecule has 0 saturated carbocycles. The molecular weight excluding hydrogens is 218 g/mol. The summed E-state index contributed by atoms with van der Waals surface area (Å²) in [6.45, 7) is 6.82. The van der Waals surface area contributed by atoms with Crippen molar-refractivity contribution in [2.45, 2.75) is 32.6 Å². The van der Waals surface area contributed by atoms with Gasteiger partial charge in [0.2, 0.25) is 0 Å². The summed E-state index contributed by atoms with van der Waals surface area (Å²) < 4.78 is 0. The van der Waals surface area contributed by atoms with Crippen molar-refractivity contribution in [2.24, 2.45) is 0 Å². The predicted molar refractivity (Wildman–Crippen MR) is 73.3 cm³/mol. The summed E-state index contributed by atoms with van der Waals surface area (Å²) in [7, 11) is 0. The maximum Gasteiger partial charge on any atom is 0.0426 e. The van der Waals surface area contributed by atoms with Crippen LogP contribution in [0.4, 0.5) is 5.69 Å². The molecule has 0 amide bonds. The summed E-state index contributed by atoms with van der Waals surface area (Å²) in [5.41, 5.74) is 2.40. The van der Waals surface area contributed by atoms with Crippen molar-refractivity contribution in [3.8, 4) is 0 Å². The van der Waals surface area contributed by atoms with Gasteiger partial charge in [0.1, 0.15) is 0 Å². The number of unbranched alkanes of at least 4 members (excludes halogenated alkanes) is 3. The van der Waals surface area contributed by atoms with E-state index in [2.05, 4.69) is 18.8 Å². The first-order chi connectivity index (χ1) is 7.74. The highest BCUT2D eigenvalue weighted by Gasteiger charge is 1.98. The zero-order chi connectivity index (χ0) is 11.8. The molecule has 1 rings (SSSR count). The van der Waals surface area contributed by atoms with Crippen LogP contribution in [0.5, 0.6) is 0 Å². The lowest BCUT2D eigenvalue weighted by molar-refractivity contribution is 0.708. The molecule has 0 atom stereocenters. The van der Waals surface area contributed by atoms with Gasteiger partial charge < -0.3 is 5.32 Å². The molecule has 0 fully saturated rings. The quantitative estimate of drug-likeness (QED) is 0.530. The molecule has 16 heavy (non-hydrogen) atoms. The minimum atomic E-state index is 0.791. The van der Waals surface area contributed by atoms with Gasteiger partial charge in [0.15, 0.2) is 0 Å². The Bertz CT molecular complexity index is 334. The van der Waals surface area contributed by atoms with Crippen LogP contribution < -0.4 is 5.32 Å². The van der Waals surface area contributed by atoms with Crippen molar-refractivity contribution in [1.29, 1.82) is 0 Å². The second-order valence-corrected chi connectivity index (χ2v) is 4.46. The molecule has 0 unspecified atom stereocenters. The van der Waals surface area contributed by atoms with Crippen LogP contribution in [-0.4, -0.2) is 6.54 Å². The Kier molecular flexibility index (Phi) is 6.02. The lowest BCUT2D eigenvalue weighted by atomic mass is 10.1. The molecule has 0 saturated heterocycles. The molecule has 0 aromatic heterocycles. The highest BCUT2D eigenvalue weighted by molar-refractivity contribution is 6.30. The molecule has 2 heteroatoms. The molecule has 0 spiro atoms. The van der Waals surface area contributed by atoms with E-state index in [0.29, 0.717) is 0 Å². The third kappa shape index (κ3) is 4.71. The number of anilines is 1. The molecule has 0 bridgehead atoms. The molecule has 0 aliphatic heterocycles. The smallest absolute Gasteiger partial charge is 0.0426 e. The summed E-state index contributed by atoms with van der Waals surface area (Å²) >= 11 is 5.95. The monoisotopic (exact) mass is 237 g/mol. The van der Waals surface area contributed by atoms with Crippen LogP contribution in [-0.2, 0) is 0 Å². The van der Waals surface area contributed by atoms with E-state index in [4.69, 9.17) is 11.6 Å². The third-order valence-corrected chi connectivity index (χ3v) is 2.84. The number of nitrogens with one attached hydrogen (secondary N) is 1. The molecule has 1 aromatic rings. The molecule has 88 valence electrons. The number of halogens is 1. The Morgan fingerprint density at radius 3 is 2.88 bits per heavy atom. The van der Waals surface area contributed by atoms with E-state index in [1.54, 1.807) is 0 Å². The Labute approximate surface area is 104 Å². The predicted octanol–water partition coefficient (Wildman–Crippen LogP) is 4.81. The van der Waals surface area contributed by atoms with Gasteiger partial charge in [-0.15, -0.1) is 6.58 Å². The van der Waals surface area contributed by atoms with Crippen molar-refractivity contribution in [2.75, 3.05) is 11.9 Å². The van der Waals surface area contributed by atoms with Gasteiger partial charge in [0.25, 0.3) is 0 Å². The highest BCUT2D eigenvalue weighted by Crippen LogP contribution is 2.20. The zero-order valence-electron chi connectivity index (χ0n) is 9.93. The number of hydrogen-bond acceptors (Lipinski definition) is 1. The fourth-order valence-electron chi connectivity index (χ4n) is 1.60. The summed E-state index contributed by atoms with van der Waals surface area (Å²) in [6.07, 6.45) is 6.78. The van der Waals surface area contributed by atoms with Crippen LogP contribution in [0.1, 0.15) is 31.2 Å². The lowest BCUT2D eigenvalue weighted by Crippen LogP contribution is -2.02. The number of hydrogen-bond donors (Lipinski definition) is 1. The number of allylic oxidation sites excluding steroid dienone is 1. The van der Waals surface area contributed by atoms with E-state index in [1.165, 1.54) is 24.8 Å². The summed E-state index contributed by atoms with van der Waals surface area (Å²) in [6, 6.07) is 5.95. The molecule has 0 aliphatic carbocycles. The SMILES string of the molecule is C=CCCCCCNc1cc(Cl)ccc1C. The average Bonchev–Trinajstić information content (AvgIpc) is 2.28. The molecular formula is C14H20ClN. The Balaban J connectivity index is 2.26. The van der Waals surface area contributed by atoms with E-state index in [-0.39, 0.29) is 0 Å². The van der Waals surface area contributed by atoms with Crippen molar-refractivity contribution >= 4 is 17.3 Å². The van der Waals surface area contributed by atoms with Crippen LogP contribution in [0.15, 0.2) is 30.9 Å². The second kappa shape index (κ2) is 7.34. The van der Waals surface area contributed by atoms with E-state index >= 15 is 0 Å². The number of benzene rings is 1. The van der Waals surface area contributed by atoms with Crippen LogP contribution in [0, 0.1) is 6.92 Å². The molecule has 1 nitrogen and oxygen atoms in total. The first-order valence-corrected chi connectivity index (χ1v) is 6.23. The molecule has 1 aromatic carbocycles. The fraction of sp³-hybridized carbons (Fsp3) is 0.429. The summed E-state index contributed by atoms with van der Waals surface area (Å²) in [5, 5.41) is 4.21. The maximum absolute atomic E-state index is 5.95. The lowest BCUT2D eigenvalue weighted by Gasteiger charge is -2.09. The van der Waals surface area contributed by atoms with E-state index in [1.807, 2.05) is 24.3 Å². The summed E-state index contributed by atoms with van der Waals surface area (Å²) in [5.74, 6) is 0. The van der Waals surface area contributed by atoms with E-state index in [9.17, 15) is 0 Å². The molecule has 0 aliphatic rings. The standard InChI is InChI=1S/C14H20ClN/c1-3-4-5-6-7-10-16-14-11-13(15)9-8-12(14)2/h3,8-9,11,16H,1,4-7,10H2,2H3. The topological polar surface area (TPSA) is 12.0 Å².